The number of nitrogens with zero attached hydrogens (tertiary/aromatic N) is 1. The minimum absolute atomic E-state index is 0.265. The number of rotatable bonds is 11. The van der Waals surface area contributed by atoms with Crippen LogP contribution in [0.1, 0.15) is 29.7 Å². The molecule has 3 aromatic rings. The minimum atomic E-state index is -0.763. The van der Waals surface area contributed by atoms with Gasteiger partial charge in [-0.3, -0.25) is 4.90 Å². The lowest BCUT2D eigenvalue weighted by Gasteiger charge is -2.32. The van der Waals surface area contributed by atoms with Gasteiger partial charge in [-0.2, -0.15) is 0 Å². The van der Waals surface area contributed by atoms with Crippen LogP contribution >= 0.6 is 0 Å². The van der Waals surface area contributed by atoms with Crippen LogP contribution in [-0.2, 0) is 22.6 Å². The second-order valence-electron chi connectivity index (χ2n) is 7.48. The second-order valence-corrected chi connectivity index (χ2v) is 7.48. The highest BCUT2D eigenvalue weighted by molar-refractivity contribution is 5.80. The van der Waals surface area contributed by atoms with Gasteiger partial charge in [-0.05, 0) is 18.1 Å². The van der Waals surface area contributed by atoms with E-state index in [1.54, 1.807) is 40.4 Å². The van der Waals surface area contributed by atoms with Crippen LogP contribution in [0.5, 0.6) is 17.2 Å². The van der Waals surface area contributed by atoms with Crippen molar-refractivity contribution in [3.8, 4) is 17.2 Å². The minimum Gasteiger partial charge on any atom is -0.496 e. The van der Waals surface area contributed by atoms with Crippen LogP contribution in [0.4, 0.5) is 0 Å². The molecule has 0 aliphatic carbocycles. The summed E-state index contributed by atoms with van der Waals surface area (Å²) < 4.78 is 22.3. The first-order valence-corrected chi connectivity index (χ1v) is 10.9. The molecule has 6 nitrogen and oxygen atoms in total. The fraction of sp³-hybridized carbons (Fsp3) is 0.296. The zero-order valence-corrected chi connectivity index (χ0v) is 19.6. The van der Waals surface area contributed by atoms with E-state index in [1.807, 2.05) is 60.7 Å². The third kappa shape index (κ3) is 6.05. The monoisotopic (exact) mass is 449 g/mol. The molecule has 0 radical (unpaired) electrons. The summed E-state index contributed by atoms with van der Waals surface area (Å²) in [5.74, 6) is 1.20. The highest BCUT2D eigenvalue weighted by Gasteiger charge is 2.35. The molecule has 3 aromatic carbocycles. The fourth-order valence-corrected chi connectivity index (χ4v) is 3.85. The van der Waals surface area contributed by atoms with Crippen molar-refractivity contribution >= 4 is 5.97 Å². The largest absolute Gasteiger partial charge is 0.496 e. The van der Waals surface area contributed by atoms with Crippen LogP contribution in [0.15, 0.2) is 72.8 Å². The number of carbonyl (C=O) groups is 1. The van der Waals surface area contributed by atoms with Gasteiger partial charge in [0.1, 0.15) is 23.3 Å². The maximum Gasteiger partial charge on any atom is 0.328 e. The molecule has 3 rings (SSSR count). The third-order valence-corrected chi connectivity index (χ3v) is 5.36. The predicted molar refractivity (Wildman–Crippen MR) is 128 cm³/mol. The van der Waals surface area contributed by atoms with Crippen molar-refractivity contribution in [1.82, 2.24) is 4.90 Å². The molecule has 0 amide bonds. The molecule has 0 spiro atoms. The molecule has 0 saturated carbocycles. The molecule has 1 unspecified atom stereocenters. The Morgan fingerprint density at radius 2 is 1.27 bits per heavy atom. The van der Waals surface area contributed by atoms with Gasteiger partial charge in [-0.1, -0.05) is 60.7 Å². The van der Waals surface area contributed by atoms with E-state index in [4.69, 9.17) is 18.9 Å². The Morgan fingerprint density at radius 1 is 0.788 bits per heavy atom. The van der Waals surface area contributed by atoms with Gasteiger partial charge in [0, 0.05) is 25.2 Å². The summed E-state index contributed by atoms with van der Waals surface area (Å²) in [7, 11) is 4.71. The van der Waals surface area contributed by atoms with E-state index >= 15 is 0 Å². The number of hydrogen-bond acceptors (Lipinski definition) is 6. The van der Waals surface area contributed by atoms with Crippen molar-refractivity contribution in [3.63, 3.8) is 0 Å². The van der Waals surface area contributed by atoms with Gasteiger partial charge in [-0.15, -0.1) is 0 Å². The van der Waals surface area contributed by atoms with Crippen molar-refractivity contribution in [2.45, 2.75) is 26.1 Å². The molecule has 1 atom stereocenters. The molecular formula is C27H31NO5. The van der Waals surface area contributed by atoms with E-state index in [0.717, 1.165) is 11.1 Å². The first-order chi connectivity index (χ1) is 16.1. The van der Waals surface area contributed by atoms with Crippen LogP contribution < -0.4 is 14.2 Å². The van der Waals surface area contributed by atoms with Gasteiger partial charge in [0.2, 0.25) is 0 Å². The van der Waals surface area contributed by atoms with Gasteiger partial charge in [0.15, 0.2) is 0 Å². The molecule has 0 aliphatic heterocycles. The first-order valence-electron chi connectivity index (χ1n) is 10.9. The number of benzene rings is 3. The maximum atomic E-state index is 13.5. The van der Waals surface area contributed by atoms with Crippen molar-refractivity contribution in [3.05, 3.63) is 89.5 Å². The van der Waals surface area contributed by atoms with Crippen molar-refractivity contribution < 1.29 is 23.7 Å². The fourth-order valence-electron chi connectivity index (χ4n) is 3.85. The Balaban J connectivity index is 2.16. The predicted octanol–water partition coefficient (Wildman–Crippen LogP) is 5.02. The zero-order valence-electron chi connectivity index (χ0n) is 19.6. The lowest BCUT2D eigenvalue weighted by Crippen LogP contribution is -2.35. The summed E-state index contributed by atoms with van der Waals surface area (Å²) in [5, 5.41) is 0. The van der Waals surface area contributed by atoms with E-state index in [-0.39, 0.29) is 12.6 Å². The molecular weight excluding hydrogens is 418 g/mol. The average Bonchev–Trinajstić information content (AvgIpc) is 2.85. The summed E-state index contributed by atoms with van der Waals surface area (Å²) in [4.78, 5) is 15.5. The molecule has 174 valence electrons. The summed E-state index contributed by atoms with van der Waals surface area (Å²) in [5.41, 5.74) is 2.76. The summed E-state index contributed by atoms with van der Waals surface area (Å²) in [6.45, 7) is 3.12. The molecule has 0 saturated heterocycles. The molecule has 0 heterocycles. The van der Waals surface area contributed by atoms with Crippen LogP contribution in [0.25, 0.3) is 0 Å². The summed E-state index contributed by atoms with van der Waals surface area (Å²) in [6, 6.07) is 22.8. The van der Waals surface area contributed by atoms with Crippen LogP contribution in [0, 0.1) is 0 Å². The molecule has 0 fully saturated rings. The quantitative estimate of drug-likeness (QED) is 0.383. The highest BCUT2D eigenvalue weighted by Crippen LogP contribution is 2.42. The molecule has 0 aromatic heterocycles. The van der Waals surface area contributed by atoms with Gasteiger partial charge >= 0.3 is 5.97 Å². The van der Waals surface area contributed by atoms with Gasteiger partial charge in [0.25, 0.3) is 0 Å². The van der Waals surface area contributed by atoms with E-state index < -0.39 is 6.04 Å². The number of hydrogen-bond donors (Lipinski definition) is 0. The number of methoxy groups -OCH3 is 3. The Morgan fingerprint density at radius 3 is 1.67 bits per heavy atom. The standard InChI is InChI=1S/C27H31NO5/c1-5-33-27(29)26(25-23(31-3)16-22(30-2)17-24(25)32-4)28(18-20-12-8-6-9-13-20)19-21-14-10-7-11-15-21/h6-17,26H,5,18-19H2,1-4H3. The van der Waals surface area contributed by atoms with Gasteiger partial charge < -0.3 is 18.9 Å². The van der Waals surface area contributed by atoms with Crippen molar-refractivity contribution in [2.24, 2.45) is 0 Å². The topological polar surface area (TPSA) is 57.2 Å². The summed E-state index contributed by atoms with van der Waals surface area (Å²) in [6.07, 6.45) is 0. The smallest absolute Gasteiger partial charge is 0.328 e. The first kappa shape index (κ1) is 24.1. The average molecular weight is 450 g/mol. The lowest BCUT2D eigenvalue weighted by molar-refractivity contribution is -0.150. The van der Waals surface area contributed by atoms with Crippen molar-refractivity contribution in [2.75, 3.05) is 27.9 Å². The molecule has 33 heavy (non-hydrogen) atoms. The number of carbonyl (C=O) groups excluding carboxylic acids is 1. The molecule has 0 bridgehead atoms. The lowest BCUT2D eigenvalue weighted by atomic mass is 10.00. The van der Waals surface area contributed by atoms with E-state index in [0.29, 0.717) is 35.9 Å². The normalized spacial score (nSPS) is 11.7. The molecule has 0 aliphatic rings. The number of ether oxygens (including phenoxy) is 4. The second kappa shape index (κ2) is 11.9. The highest BCUT2D eigenvalue weighted by atomic mass is 16.5. The van der Waals surface area contributed by atoms with E-state index in [9.17, 15) is 4.79 Å². The van der Waals surface area contributed by atoms with Crippen LogP contribution in [0.2, 0.25) is 0 Å². The Labute approximate surface area is 195 Å². The van der Waals surface area contributed by atoms with Crippen LogP contribution in [0.3, 0.4) is 0 Å². The number of esters is 1. The Bertz CT molecular complexity index is 957. The SMILES string of the molecule is CCOC(=O)C(c1c(OC)cc(OC)cc1OC)N(Cc1ccccc1)Cc1ccccc1. The Hall–Kier alpha value is -3.51. The summed E-state index contributed by atoms with van der Waals surface area (Å²) >= 11 is 0. The van der Waals surface area contributed by atoms with Crippen LogP contribution in [-0.4, -0.2) is 38.8 Å². The zero-order chi connectivity index (χ0) is 23.6. The van der Waals surface area contributed by atoms with Gasteiger partial charge in [-0.25, -0.2) is 4.79 Å². The van der Waals surface area contributed by atoms with Gasteiger partial charge in [0.05, 0.1) is 33.5 Å². The molecule has 0 N–H and O–H groups in total. The van der Waals surface area contributed by atoms with Crippen molar-refractivity contribution in [1.29, 1.82) is 0 Å². The molecule has 6 heteroatoms. The maximum absolute atomic E-state index is 13.5. The van der Waals surface area contributed by atoms with E-state index in [2.05, 4.69) is 4.90 Å². The Kier molecular flexibility index (Phi) is 8.72. The van der Waals surface area contributed by atoms with E-state index in [1.165, 1.54) is 0 Å². The third-order valence-electron chi connectivity index (χ3n) is 5.36.